The molecule has 2 fully saturated rings. The molecule has 17 heavy (non-hydrogen) atoms. The van der Waals surface area contributed by atoms with Crippen molar-refractivity contribution in [2.45, 2.75) is 52.5 Å². The number of carbonyl (C=O) groups excluding carboxylic acids is 1. The van der Waals surface area contributed by atoms with E-state index < -0.39 is 0 Å². The quantitative estimate of drug-likeness (QED) is 0.765. The highest BCUT2D eigenvalue weighted by Gasteiger charge is 2.60. The molecule has 0 amide bonds. The summed E-state index contributed by atoms with van der Waals surface area (Å²) >= 11 is 0. The number of esters is 1. The van der Waals surface area contributed by atoms with Crippen molar-refractivity contribution in [2.24, 2.45) is 16.7 Å². The molecule has 0 saturated heterocycles. The van der Waals surface area contributed by atoms with Crippen LogP contribution in [0.4, 0.5) is 0 Å². The van der Waals surface area contributed by atoms with Gasteiger partial charge in [0.05, 0.1) is 13.5 Å². The van der Waals surface area contributed by atoms with E-state index in [1.807, 2.05) is 0 Å². The molecule has 0 aromatic carbocycles. The van der Waals surface area contributed by atoms with Gasteiger partial charge in [0.15, 0.2) is 0 Å². The molecule has 0 aromatic heterocycles. The molecule has 0 spiro atoms. The van der Waals surface area contributed by atoms with Crippen molar-refractivity contribution in [3.63, 3.8) is 0 Å². The Morgan fingerprint density at radius 1 is 1.41 bits per heavy atom. The molecular formula is C14H25NO2. The molecule has 98 valence electrons. The van der Waals surface area contributed by atoms with Crippen molar-refractivity contribution >= 4 is 5.97 Å². The Kier molecular flexibility index (Phi) is 3.23. The van der Waals surface area contributed by atoms with Crippen molar-refractivity contribution in [3.05, 3.63) is 0 Å². The van der Waals surface area contributed by atoms with E-state index in [4.69, 9.17) is 0 Å². The van der Waals surface area contributed by atoms with Crippen LogP contribution >= 0.6 is 0 Å². The van der Waals surface area contributed by atoms with Crippen molar-refractivity contribution < 1.29 is 9.53 Å². The Bertz CT molecular complexity index is 313. The lowest BCUT2D eigenvalue weighted by Gasteiger charge is -2.39. The van der Waals surface area contributed by atoms with E-state index in [9.17, 15) is 4.79 Å². The van der Waals surface area contributed by atoms with E-state index in [2.05, 4.69) is 30.8 Å². The van der Waals surface area contributed by atoms with Gasteiger partial charge >= 0.3 is 5.97 Å². The molecule has 3 heteroatoms. The molecule has 2 bridgehead atoms. The fourth-order valence-corrected chi connectivity index (χ4v) is 3.96. The number of hydrogen-bond donors (Lipinski definition) is 1. The third-order valence-corrected chi connectivity index (χ3v) is 5.74. The van der Waals surface area contributed by atoms with Crippen LogP contribution in [0.1, 0.15) is 46.5 Å². The van der Waals surface area contributed by atoms with Gasteiger partial charge in [0.25, 0.3) is 0 Å². The summed E-state index contributed by atoms with van der Waals surface area (Å²) in [6.45, 7) is 7.98. The molecule has 0 aliphatic heterocycles. The van der Waals surface area contributed by atoms with Gasteiger partial charge in [-0.15, -0.1) is 0 Å². The Morgan fingerprint density at radius 3 is 2.59 bits per heavy atom. The van der Waals surface area contributed by atoms with Crippen LogP contribution in [0.25, 0.3) is 0 Å². The summed E-state index contributed by atoms with van der Waals surface area (Å²) in [7, 11) is 1.45. The Balaban J connectivity index is 1.90. The summed E-state index contributed by atoms with van der Waals surface area (Å²) in [4.78, 5) is 11.1. The average molecular weight is 239 g/mol. The number of hydrogen-bond acceptors (Lipinski definition) is 3. The SMILES string of the molecule is COC(=O)CCNC1CC2CCC1(C)C2(C)C. The standard InChI is InChI=1S/C14H25NO2/c1-13(2)10-5-7-14(13,3)11(9-10)15-8-6-12(16)17-4/h10-11,15H,5-9H2,1-4H3. The third-order valence-electron chi connectivity index (χ3n) is 5.74. The second-order valence-corrected chi connectivity index (χ2v) is 6.44. The number of carbonyl (C=O) groups is 1. The molecule has 2 saturated carbocycles. The number of fused-ring (bicyclic) bond motifs is 2. The van der Waals surface area contributed by atoms with Gasteiger partial charge in [0.1, 0.15) is 0 Å². The molecule has 0 heterocycles. The summed E-state index contributed by atoms with van der Waals surface area (Å²) in [5.74, 6) is 0.730. The fraction of sp³-hybridized carbons (Fsp3) is 0.929. The zero-order valence-corrected chi connectivity index (χ0v) is 11.5. The van der Waals surface area contributed by atoms with Crippen molar-refractivity contribution in [1.82, 2.24) is 5.32 Å². The molecular weight excluding hydrogens is 214 g/mol. The van der Waals surface area contributed by atoms with Gasteiger partial charge in [-0.3, -0.25) is 4.79 Å². The highest BCUT2D eigenvalue weighted by atomic mass is 16.5. The van der Waals surface area contributed by atoms with Crippen LogP contribution in [0.5, 0.6) is 0 Å². The number of methoxy groups -OCH3 is 1. The Morgan fingerprint density at radius 2 is 2.12 bits per heavy atom. The zero-order chi connectivity index (χ0) is 12.7. The van der Waals surface area contributed by atoms with E-state index in [0.29, 0.717) is 23.3 Å². The first-order valence-electron chi connectivity index (χ1n) is 6.72. The molecule has 3 nitrogen and oxygen atoms in total. The lowest BCUT2D eigenvalue weighted by molar-refractivity contribution is -0.140. The summed E-state index contributed by atoms with van der Waals surface area (Å²) in [5.41, 5.74) is 0.837. The predicted molar refractivity (Wildman–Crippen MR) is 67.7 cm³/mol. The average Bonchev–Trinajstić information content (AvgIpc) is 2.61. The maximum absolute atomic E-state index is 11.1. The topological polar surface area (TPSA) is 38.3 Å². The summed E-state index contributed by atoms with van der Waals surface area (Å²) < 4.78 is 4.66. The minimum absolute atomic E-state index is 0.120. The minimum Gasteiger partial charge on any atom is -0.469 e. The van der Waals surface area contributed by atoms with Crippen molar-refractivity contribution in [1.29, 1.82) is 0 Å². The Hall–Kier alpha value is -0.570. The monoisotopic (exact) mass is 239 g/mol. The lowest BCUT2D eigenvalue weighted by atomic mass is 9.69. The van der Waals surface area contributed by atoms with Gasteiger partial charge in [-0.2, -0.15) is 0 Å². The van der Waals surface area contributed by atoms with Crippen LogP contribution in [0.15, 0.2) is 0 Å². The van der Waals surface area contributed by atoms with Gasteiger partial charge in [-0.05, 0) is 36.0 Å². The maximum Gasteiger partial charge on any atom is 0.306 e. The normalized spacial score (nSPS) is 38.4. The summed E-state index contributed by atoms with van der Waals surface area (Å²) in [6.07, 6.45) is 4.44. The molecule has 0 radical (unpaired) electrons. The highest BCUT2D eigenvalue weighted by Crippen LogP contribution is 2.65. The van der Waals surface area contributed by atoms with E-state index >= 15 is 0 Å². The molecule has 2 aliphatic carbocycles. The van der Waals surface area contributed by atoms with Crippen LogP contribution in [-0.4, -0.2) is 25.7 Å². The summed E-state index contributed by atoms with van der Waals surface area (Å²) in [5, 5.41) is 3.57. The van der Waals surface area contributed by atoms with Gasteiger partial charge in [0, 0.05) is 12.6 Å². The van der Waals surface area contributed by atoms with Gasteiger partial charge in [-0.1, -0.05) is 20.8 Å². The fourth-order valence-electron chi connectivity index (χ4n) is 3.96. The molecule has 0 aromatic rings. The predicted octanol–water partition coefficient (Wildman–Crippen LogP) is 2.35. The zero-order valence-electron chi connectivity index (χ0n) is 11.5. The number of nitrogens with one attached hydrogen (secondary N) is 1. The minimum atomic E-state index is -0.120. The molecule has 2 aliphatic rings. The van der Waals surface area contributed by atoms with Gasteiger partial charge in [-0.25, -0.2) is 0 Å². The van der Waals surface area contributed by atoms with Crippen LogP contribution in [0.2, 0.25) is 0 Å². The van der Waals surface area contributed by atoms with Crippen LogP contribution in [0, 0.1) is 16.7 Å². The van der Waals surface area contributed by atoms with Crippen LogP contribution in [-0.2, 0) is 9.53 Å². The molecule has 1 N–H and O–H groups in total. The van der Waals surface area contributed by atoms with E-state index in [-0.39, 0.29) is 5.97 Å². The second-order valence-electron chi connectivity index (χ2n) is 6.44. The van der Waals surface area contributed by atoms with E-state index in [1.165, 1.54) is 26.4 Å². The first kappa shape index (κ1) is 12.9. The second kappa shape index (κ2) is 4.27. The van der Waals surface area contributed by atoms with Crippen LogP contribution in [0.3, 0.4) is 0 Å². The molecule has 2 rings (SSSR count). The molecule has 3 atom stereocenters. The highest BCUT2D eigenvalue weighted by molar-refractivity contribution is 5.69. The first-order chi connectivity index (χ1) is 7.91. The summed E-state index contributed by atoms with van der Waals surface area (Å²) in [6, 6.07) is 0.570. The van der Waals surface area contributed by atoms with E-state index in [1.54, 1.807) is 0 Å². The molecule has 3 unspecified atom stereocenters. The number of ether oxygens (including phenoxy) is 1. The first-order valence-corrected chi connectivity index (χ1v) is 6.72. The van der Waals surface area contributed by atoms with Crippen molar-refractivity contribution in [2.75, 3.05) is 13.7 Å². The number of rotatable bonds is 4. The maximum atomic E-state index is 11.1. The third kappa shape index (κ3) is 1.88. The van der Waals surface area contributed by atoms with Crippen LogP contribution < -0.4 is 5.32 Å². The van der Waals surface area contributed by atoms with Crippen molar-refractivity contribution in [3.8, 4) is 0 Å². The Labute approximate surface area is 104 Å². The largest absolute Gasteiger partial charge is 0.469 e. The van der Waals surface area contributed by atoms with E-state index in [0.717, 1.165) is 12.5 Å². The smallest absolute Gasteiger partial charge is 0.306 e. The van der Waals surface area contributed by atoms with Gasteiger partial charge < -0.3 is 10.1 Å². The lowest BCUT2D eigenvalue weighted by Crippen LogP contribution is -2.45. The van der Waals surface area contributed by atoms with Gasteiger partial charge in [0.2, 0.25) is 0 Å².